The molecule has 0 N–H and O–H groups in total. The smallest absolute Gasteiger partial charge is 0.222 e. The van der Waals surface area contributed by atoms with Gasteiger partial charge in [0.15, 0.2) is 0 Å². The van der Waals surface area contributed by atoms with Gasteiger partial charge in [-0.1, -0.05) is 13.8 Å². The molecule has 0 fully saturated rings. The molecule has 0 aromatic carbocycles. The molecule has 3 heteroatoms. The predicted molar refractivity (Wildman–Crippen MR) is 39.6 cm³/mol. The van der Waals surface area contributed by atoms with Crippen molar-refractivity contribution in [3.8, 4) is 6.07 Å². The Morgan fingerprint density at radius 2 is 2.00 bits per heavy atom. The molecule has 0 aromatic rings. The maximum absolute atomic E-state index is 10.8. The van der Waals surface area contributed by atoms with Crippen LogP contribution in [-0.2, 0) is 9.59 Å². The standard InChI is InChI=1S/C8H9NO2/c1-6(2)8(11)7(10)4-3-5-9/h3-4,6H,1-2H3/b4-3-. The molecule has 3 nitrogen and oxygen atoms in total. The largest absolute Gasteiger partial charge is 0.290 e. The Morgan fingerprint density at radius 1 is 1.45 bits per heavy atom. The van der Waals surface area contributed by atoms with Gasteiger partial charge in [-0.2, -0.15) is 5.26 Å². The Hall–Kier alpha value is -1.43. The van der Waals surface area contributed by atoms with Gasteiger partial charge in [0.2, 0.25) is 11.6 Å². The van der Waals surface area contributed by atoms with Gasteiger partial charge in [-0.3, -0.25) is 9.59 Å². The van der Waals surface area contributed by atoms with Crippen LogP contribution in [0.5, 0.6) is 0 Å². The third kappa shape index (κ3) is 3.31. The highest BCUT2D eigenvalue weighted by Gasteiger charge is 2.13. The average molecular weight is 151 g/mol. The summed E-state index contributed by atoms with van der Waals surface area (Å²) in [7, 11) is 0. The van der Waals surface area contributed by atoms with E-state index in [4.69, 9.17) is 5.26 Å². The van der Waals surface area contributed by atoms with Gasteiger partial charge in [-0.25, -0.2) is 0 Å². The second-order valence-electron chi connectivity index (χ2n) is 2.35. The van der Waals surface area contributed by atoms with Gasteiger partial charge in [0.05, 0.1) is 6.07 Å². The molecule has 0 aliphatic rings. The lowest BCUT2D eigenvalue weighted by Crippen LogP contribution is -2.16. The summed E-state index contributed by atoms with van der Waals surface area (Å²) in [5.41, 5.74) is 0. The molecule has 0 spiro atoms. The second-order valence-corrected chi connectivity index (χ2v) is 2.35. The highest BCUT2D eigenvalue weighted by Crippen LogP contribution is 1.95. The van der Waals surface area contributed by atoms with Crippen LogP contribution in [-0.4, -0.2) is 11.6 Å². The molecule has 0 rings (SSSR count). The Morgan fingerprint density at radius 3 is 2.36 bits per heavy atom. The lowest BCUT2D eigenvalue weighted by atomic mass is 10.1. The van der Waals surface area contributed by atoms with Gasteiger partial charge in [0.25, 0.3) is 0 Å². The summed E-state index contributed by atoms with van der Waals surface area (Å²) in [5.74, 6) is -1.37. The van der Waals surface area contributed by atoms with Gasteiger partial charge in [0, 0.05) is 12.0 Å². The van der Waals surface area contributed by atoms with Crippen LogP contribution in [0.4, 0.5) is 0 Å². The highest BCUT2D eigenvalue weighted by atomic mass is 16.2. The zero-order chi connectivity index (χ0) is 8.85. The van der Waals surface area contributed by atoms with Gasteiger partial charge in [-0.15, -0.1) is 0 Å². The van der Waals surface area contributed by atoms with E-state index in [1.165, 1.54) is 0 Å². The lowest BCUT2D eigenvalue weighted by molar-refractivity contribution is -0.135. The first-order valence-corrected chi connectivity index (χ1v) is 3.24. The zero-order valence-corrected chi connectivity index (χ0v) is 6.50. The molecule has 0 heterocycles. The molecule has 0 aromatic heterocycles. The minimum Gasteiger partial charge on any atom is -0.290 e. The van der Waals surface area contributed by atoms with E-state index in [0.29, 0.717) is 0 Å². The summed E-state index contributed by atoms with van der Waals surface area (Å²) < 4.78 is 0. The number of carbonyl (C=O) groups excluding carboxylic acids is 2. The van der Waals surface area contributed by atoms with Crippen LogP contribution in [0, 0.1) is 17.2 Å². The third-order valence-electron chi connectivity index (χ3n) is 1.08. The van der Waals surface area contributed by atoms with E-state index in [2.05, 4.69) is 0 Å². The fourth-order valence-corrected chi connectivity index (χ4v) is 0.480. The third-order valence-corrected chi connectivity index (χ3v) is 1.08. The summed E-state index contributed by atoms with van der Waals surface area (Å²) >= 11 is 0. The van der Waals surface area contributed by atoms with Crippen molar-refractivity contribution in [3.63, 3.8) is 0 Å². The Bertz CT molecular complexity index is 233. The Balaban J connectivity index is 4.18. The van der Waals surface area contributed by atoms with Gasteiger partial charge in [0.1, 0.15) is 0 Å². The number of allylic oxidation sites excluding steroid dienone is 2. The van der Waals surface area contributed by atoms with Crippen LogP contribution in [0.15, 0.2) is 12.2 Å². The van der Waals surface area contributed by atoms with Crippen molar-refractivity contribution in [2.45, 2.75) is 13.8 Å². The quantitative estimate of drug-likeness (QED) is 0.341. The van der Waals surface area contributed by atoms with Crippen molar-refractivity contribution in [1.82, 2.24) is 0 Å². The van der Waals surface area contributed by atoms with Crippen molar-refractivity contribution in [1.29, 1.82) is 5.26 Å². The summed E-state index contributed by atoms with van der Waals surface area (Å²) in [4.78, 5) is 21.6. The molecule has 0 saturated heterocycles. The molecule has 0 radical (unpaired) electrons. The minimum absolute atomic E-state index is 0.300. The normalized spacial score (nSPS) is 10.0. The molecule has 0 saturated carbocycles. The van der Waals surface area contributed by atoms with Crippen LogP contribution in [0.3, 0.4) is 0 Å². The molecular weight excluding hydrogens is 142 g/mol. The van der Waals surface area contributed by atoms with Crippen molar-refractivity contribution < 1.29 is 9.59 Å². The predicted octanol–water partition coefficient (Wildman–Crippen LogP) is 0.860. The Labute approximate surface area is 65.3 Å². The first kappa shape index (κ1) is 9.57. The summed E-state index contributed by atoms with van der Waals surface area (Å²) in [5, 5.41) is 8.04. The SMILES string of the molecule is CC(C)C(=O)C(=O)/C=C\C#N. The second kappa shape index (κ2) is 4.40. The molecule has 11 heavy (non-hydrogen) atoms. The number of hydrogen-bond acceptors (Lipinski definition) is 3. The van der Waals surface area contributed by atoms with E-state index < -0.39 is 11.6 Å². The van der Waals surface area contributed by atoms with E-state index in [9.17, 15) is 9.59 Å². The number of nitriles is 1. The maximum atomic E-state index is 10.8. The molecule has 0 aliphatic carbocycles. The van der Waals surface area contributed by atoms with E-state index in [1.807, 2.05) is 0 Å². The highest BCUT2D eigenvalue weighted by molar-refractivity contribution is 6.42. The minimum atomic E-state index is -0.610. The van der Waals surface area contributed by atoms with Crippen LogP contribution >= 0.6 is 0 Å². The Kier molecular flexibility index (Phi) is 3.82. The van der Waals surface area contributed by atoms with Gasteiger partial charge in [-0.05, 0) is 6.08 Å². The fourth-order valence-electron chi connectivity index (χ4n) is 0.480. The maximum Gasteiger partial charge on any atom is 0.222 e. The molecule has 0 amide bonds. The van der Waals surface area contributed by atoms with Gasteiger partial charge < -0.3 is 0 Å². The van der Waals surface area contributed by atoms with Crippen molar-refractivity contribution in [2.75, 3.05) is 0 Å². The van der Waals surface area contributed by atoms with E-state index in [1.54, 1.807) is 19.9 Å². The van der Waals surface area contributed by atoms with Crippen molar-refractivity contribution in [2.24, 2.45) is 5.92 Å². The number of hydrogen-bond donors (Lipinski definition) is 0. The number of rotatable bonds is 3. The monoisotopic (exact) mass is 151 g/mol. The van der Waals surface area contributed by atoms with Gasteiger partial charge >= 0.3 is 0 Å². The van der Waals surface area contributed by atoms with Crippen molar-refractivity contribution in [3.05, 3.63) is 12.2 Å². The first-order chi connectivity index (χ1) is 5.09. The lowest BCUT2D eigenvalue weighted by Gasteiger charge is -1.96. The average Bonchev–Trinajstić information content (AvgIpc) is 1.98. The zero-order valence-electron chi connectivity index (χ0n) is 6.50. The van der Waals surface area contributed by atoms with Crippen LogP contribution < -0.4 is 0 Å². The van der Waals surface area contributed by atoms with E-state index in [-0.39, 0.29) is 5.92 Å². The number of Topliss-reactive ketones (excluding diaryl/α,β-unsaturated/α-hetero) is 1. The molecule has 0 atom stereocenters. The summed E-state index contributed by atoms with van der Waals surface area (Å²) in [6.07, 6.45) is 1.99. The van der Waals surface area contributed by atoms with Crippen LogP contribution in [0.1, 0.15) is 13.8 Å². The fraction of sp³-hybridized carbons (Fsp3) is 0.375. The molecule has 0 aliphatic heterocycles. The number of ketones is 2. The summed E-state index contributed by atoms with van der Waals surface area (Å²) in [6, 6.07) is 1.64. The van der Waals surface area contributed by atoms with E-state index in [0.717, 1.165) is 12.2 Å². The topological polar surface area (TPSA) is 57.9 Å². The van der Waals surface area contributed by atoms with Crippen LogP contribution in [0.25, 0.3) is 0 Å². The first-order valence-electron chi connectivity index (χ1n) is 3.24. The van der Waals surface area contributed by atoms with Crippen LogP contribution in [0.2, 0.25) is 0 Å². The number of carbonyl (C=O) groups is 2. The molecule has 0 unspecified atom stereocenters. The molecule has 58 valence electrons. The summed E-state index contributed by atoms with van der Waals surface area (Å²) in [6.45, 7) is 3.28. The number of nitrogens with zero attached hydrogens (tertiary/aromatic N) is 1. The van der Waals surface area contributed by atoms with E-state index >= 15 is 0 Å². The molecule has 0 bridgehead atoms. The molecular formula is C8H9NO2. The van der Waals surface area contributed by atoms with Crippen molar-refractivity contribution >= 4 is 11.6 Å².